The Morgan fingerprint density at radius 3 is 3.00 bits per heavy atom. The lowest BCUT2D eigenvalue weighted by Crippen LogP contribution is -2.37. The van der Waals surface area contributed by atoms with Crippen LogP contribution in [0.4, 0.5) is 0 Å². The van der Waals surface area contributed by atoms with Gasteiger partial charge >= 0.3 is 0 Å². The summed E-state index contributed by atoms with van der Waals surface area (Å²) < 4.78 is 5.60. The van der Waals surface area contributed by atoms with Crippen LogP contribution in [0.25, 0.3) is 0 Å². The first-order valence-corrected chi connectivity index (χ1v) is 7.06. The van der Waals surface area contributed by atoms with Gasteiger partial charge in [-0.2, -0.15) is 0 Å². The van der Waals surface area contributed by atoms with E-state index in [2.05, 4.69) is 10.6 Å². The Bertz CT molecular complexity index is 490. The molecule has 3 rings (SSSR count). The van der Waals surface area contributed by atoms with Crippen LogP contribution in [0.3, 0.4) is 0 Å². The number of nitrogens with one attached hydrogen (secondary N) is 2. The van der Waals surface area contributed by atoms with Gasteiger partial charge in [0, 0.05) is 18.5 Å². The molecule has 110 valence electrons. The molecule has 1 amide bonds. The van der Waals surface area contributed by atoms with Gasteiger partial charge in [0.1, 0.15) is 5.75 Å². The molecule has 1 aromatic carbocycles. The first-order chi connectivity index (χ1) is 9.25. The maximum absolute atomic E-state index is 12.2. The molecule has 6 heteroatoms. The van der Waals surface area contributed by atoms with Gasteiger partial charge in [0.25, 0.3) is 0 Å². The number of halogens is 2. The standard InChI is InChI=1S/C14H17ClN2O2.ClH/c15-11-3-1-2-10-12(5-7-19-13(10)11)17-14(18)9-4-6-16-8-9;/h1-3,9,12,16H,4-8H2,(H,17,18);1H. The average molecular weight is 317 g/mol. The number of para-hydroxylation sites is 1. The van der Waals surface area contributed by atoms with Crippen LogP contribution >= 0.6 is 24.0 Å². The molecular formula is C14H18Cl2N2O2. The fourth-order valence-electron chi connectivity index (χ4n) is 2.70. The number of carbonyl (C=O) groups excluding carboxylic acids is 1. The van der Waals surface area contributed by atoms with Crippen molar-refractivity contribution < 1.29 is 9.53 Å². The van der Waals surface area contributed by atoms with Crippen molar-refractivity contribution in [3.8, 4) is 5.75 Å². The summed E-state index contributed by atoms with van der Waals surface area (Å²) in [6.07, 6.45) is 1.71. The fourth-order valence-corrected chi connectivity index (χ4v) is 2.94. The Balaban J connectivity index is 0.00000147. The van der Waals surface area contributed by atoms with E-state index in [0.29, 0.717) is 17.4 Å². The second kappa shape index (κ2) is 6.66. The third-order valence-electron chi connectivity index (χ3n) is 3.77. The number of carbonyl (C=O) groups is 1. The van der Waals surface area contributed by atoms with E-state index in [1.54, 1.807) is 0 Å². The molecule has 2 N–H and O–H groups in total. The highest BCUT2D eigenvalue weighted by molar-refractivity contribution is 6.32. The number of benzene rings is 1. The van der Waals surface area contributed by atoms with Crippen LogP contribution in [0.2, 0.25) is 5.02 Å². The van der Waals surface area contributed by atoms with Crippen LogP contribution in [0.15, 0.2) is 18.2 Å². The molecule has 1 aromatic rings. The maximum Gasteiger partial charge on any atom is 0.224 e. The molecule has 1 fully saturated rings. The Hall–Kier alpha value is -0.970. The topological polar surface area (TPSA) is 50.4 Å². The second-order valence-electron chi connectivity index (χ2n) is 5.05. The van der Waals surface area contributed by atoms with Gasteiger partial charge < -0.3 is 15.4 Å². The van der Waals surface area contributed by atoms with Crippen LogP contribution in [0.1, 0.15) is 24.4 Å². The summed E-state index contributed by atoms with van der Waals surface area (Å²) in [4.78, 5) is 12.2. The van der Waals surface area contributed by atoms with Gasteiger partial charge in [-0.25, -0.2) is 0 Å². The number of amides is 1. The average Bonchev–Trinajstić information content (AvgIpc) is 2.94. The van der Waals surface area contributed by atoms with Gasteiger partial charge in [0.2, 0.25) is 5.91 Å². The van der Waals surface area contributed by atoms with Gasteiger partial charge in [-0.3, -0.25) is 4.79 Å². The summed E-state index contributed by atoms with van der Waals surface area (Å²) >= 11 is 6.12. The minimum Gasteiger partial charge on any atom is -0.492 e. The van der Waals surface area contributed by atoms with Gasteiger partial charge in [0.05, 0.1) is 23.6 Å². The van der Waals surface area contributed by atoms with Gasteiger partial charge in [0.15, 0.2) is 0 Å². The molecule has 2 unspecified atom stereocenters. The second-order valence-corrected chi connectivity index (χ2v) is 5.45. The highest BCUT2D eigenvalue weighted by Crippen LogP contribution is 2.37. The van der Waals surface area contributed by atoms with E-state index in [9.17, 15) is 4.79 Å². The van der Waals surface area contributed by atoms with Crippen molar-refractivity contribution in [2.24, 2.45) is 5.92 Å². The van der Waals surface area contributed by atoms with Crippen LogP contribution in [-0.2, 0) is 4.79 Å². The van der Waals surface area contributed by atoms with E-state index in [1.807, 2.05) is 18.2 Å². The maximum atomic E-state index is 12.2. The highest BCUT2D eigenvalue weighted by atomic mass is 35.5. The molecule has 2 atom stereocenters. The van der Waals surface area contributed by atoms with E-state index >= 15 is 0 Å². The molecule has 0 bridgehead atoms. The number of hydrogen-bond donors (Lipinski definition) is 2. The minimum absolute atomic E-state index is 0. The Labute approximate surface area is 129 Å². The number of ether oxygens (including phenoxy) is 1. The summed E-state index contributed by atoms with van der Waals surface area (Å²) in [6.45, 7) is 2.29. The molecule has 0 spiro atoms. The van der Waals surface area contributed by atoms with Gasteiger partial charge in [-0.05, 0) is 19.0 Å². The quantitative estimate of drug-likeness (QED) is 0.880. The minimum atomic E-state index is 0. The molecule has 4 nitrogen and oxygen atoms in total. The van der Waals surface area contributed by atoms with Crippen molar-refractivity contribution in [1.29, 1.82) is 0 Å². The summed E-state index contributed by atoms with van der Waals surface area (Å²) in [6, 6.07) is 5.69. The predicted octanol–water partition coefficient (Wildman–Crippen LogP) is 2.31. The normalized spacial score (nSPS) is 24.2. The molecule has 0 saturated carbocycles. The molecule has 2 heterocycles. The Morgan fingerprint density at radius 2 is 2.25 bits per heavy atom. The van der Waals surface area contributed by atoms with E-state index in [0.717, 1.165) is 31.5 Å². The van der Waals surface area contributed by atoms with Crippen molar-refractivity contribution in [3.63, 3.8) is 0 Å². The van der Waals surface area contributed by atoms with E-state index in [1.165, 1.54) is 0 Å². The zero-order valence-corrected chi connectivity index (χ0v) is 12.6. The highest BCUT2D eigenvalue weighted by Gasteiger charge is 2.28. The SMILES string of the molecule is Cl.O=C(NC1CCOc2c(Cl)cccc21)C1CCNC1. The van der Waals surface area contributed by atoms with Gasteiger partial charge in [-0.1, -0.05) is 23.7 Å². The molecule has 0 radical (unpaired) electrons. The molecule has 2 aliphatic rings. The number of fused-ring (bicyclic) bond motifs is 1. The molecular weight excluding hydrogens is 299 g/mol. The Morgan fingerprint density at radius 1 is 1.40 bits per heavy atom. The van der Waals surface area contributed by atoms with Crippen molar-refractivity contribution in [1.82, 2.24) is 10.6 Å². The van der Waals surface area contributed by atoms with E-state index in [-0.39, 0.29) is 30.3 Å². The van der Waals surface area contributed by atoms with E-state index < -0.39 is 0 Å². The Kier molecular flexibility index (Phi) is 5.13. The van der Waals surface area contributed by atoms with Gasteiger partial charge in [-0.15, -0.1) is 12.4 Å². The van der Waals surface area contributed by atoms with Crippen molar-refractivity contribution in [2.45, 2.75) is 18.9 Å². The van der Waals surface area contributed by atoms with Crippen molar-refractivity contribution >= 4 is 29.9 Å². The van der Waals surface area contributed by atoms with Crippen LogP contribution in [0, 0.1) is 5.92 Å². The molecule has 2 aliphatic heterocycles. The lowest BCUT2D eigenvalue weighted by molar-refractivity contribution is -0.125. The number of hydrogen-bond acceptors (Lipinski definition) is 3. The molecule has 0 aliphatic carbocycles. The summed E-state index contributed by atoms with van der Waals surface area (Å²) in [7, 11) is 0. The largest absolute Gasteiger partial charge is 0.492 e. The van der Waals surface area contributed by atoms with Crippen molar-refractivity contribution in [2.75, 3.05) is 19.7 Å². The zero-order valence-electron chi connectivity index (χ0n) is 11.0. The van der Waals surface area contributed by atoms with Crippen LogP contribution in [0.5, 0.6) is 5.75 Å². The third-order valence-corrected chi connectivity index (χ3v) is 4.07. The summed E-state index contributed by atoms with van der Waals surface area (Å²) in [5.41, 5.74) is 0.984. The zero-order chi connectivity index (χ0) is 13.2. The summed E-state index contributed by atoms with van der Waals surface area (Å²) in [5, 5.41) is 6.95. The molecule has 20 heavy (non-hydrogen) atoms. The smallest absolute Gasteiger partial charge is 0.224 e. The lowest BCUT2D eigenvalue weighted by Gasteiger charge is -2.28. The van der Waals surface area contributed by atoms with Crippen LogP contribution < -0.4 is 15.4 Å². The predicted molar refractivity (Wildman–Crippen MR) is 80.7 cm³/mol. The van der Waals surface area contributed by atoms with Crippen molar-refractivity contribution in [3.05, 3.63) is 28.8 Å². The number of rotatable bonds is 2. The van der Waals surface area contributed by atoms with E-state index in [4.69, 9.17) is 16.3 Å². The third kappa shape index (κ3) is 3.03. The fraction of sp³-hybridized carbons (Fsp3) is 0.500. The first kappa shape index (κ1) is 15.4. The molecule has 0 aromatic heterocycles. The summed E-state index contributed by atoms with van der Waals surface area (Å²) in [5.74, 6) is 0.929. The monoisotopic (exact) mass is 316 g/mol. The first-order valence-electron chi connectivity index (χ1n) is 6.68. The molecule has 1 saturated heterocycles. The van der Waals surface area contributed by atoms with Crippen LogP contribution in [-0.4, -0.2) is 25.6 Å². The lowest BCUT2D eigenvalue weighted by atomic mass is 9.99.